The lowest BCUT2D eigenvalue weighted by molar-refractivity contribution is -0.127. The molecule has 2 heterocycles. The van der Waals surface area contributed by atoms with E-state index >= 15 is 4.39 Å². The summed E-state index contributed by atoms with van der Waals surface area (Å²) in [6.07, 6.45) is 1.35. The molecule has 4 N–H and O–H groups in total. The van der Waals surface area contributed by atoms with E-state index in [1.807, 2.05) is 13.8 Å². The Bertz CT molecular complexity index is 1230. The predicted molar refractivity (Wildman–Crippen MR) is 133 cm³/mol. The molecule has 5 rings (SSSR count). The van der Waals surface area contributed by atoms with Crippen LogP contribution in [0.15, 0.2) is 36.4 Å². The molecule has 0 radical (unpaired) electrons. The number of hydrogen-bond donors (Lipinski definition) is 4. The molecule has 2 aliphatic heterocycles. The van der Waals surface area contributed by atoms with Gasteiger partial charge in [0.05, 0.1) is 16.7 Å². The third-order valence-corrected chi connectivity index (χ3v) is 8.71. The molecule has 0 bridgehead atoms. The van der Waals surface area contributed by atoms with Crippen LogP contribution < -0.4 is 16.0 Å². The van der Waals surface area contributed by atoms with Crippen LogP contribution >= 0.6 is 23.2 Å². The van der Waals surface area contributed by atoms with E-state index in [0.717, 1.165) is 0 Å². The van der Waals surface area contributed by atoms with Crippen LogP contribution in [-0.4, -0.2) is 40.1 Å². The molecule has 4 unspecified atom stereocenters. The van der Waals surface area contributed by atoms with Gasteiger partial charge in [-0.15, -0.1) is 0 Å². The molecule has 35 heavy (non-hydrogen) atoms. The Hall–Kier alpha value is -2.19. The van der Waals surface area contributed by atoms with Gasteiger partial charge in [0.25, 0.3) is 0 Å². The molecule has 3 aliphatic rings. The summed E-state index contributed by atoms with van der Waals surface area (Å²) in [5.41, 5.74) is -1.62. The zero-order chi connectivity index (χ0) is 25.3. The van der Waals surface area contributed by atoms with Crippen LogP contribution in [0.1, 0.15) is 57.1 Å². The number of fused-ring (bicyclic) bond motifs is 2. The first-order valence-electron chi connectivity index (χ1n) is 11.8. The lowest BCUT2D eigenvalue weighted by Gasteiger charge is -2.42. The van der Waals surface area contributed by atoms with Crippen molar-refractivity contribution in [1.82, 2.24) is 10.6 Å². The van der Waals surface area contributed by atoms with Gasteiger partial charge in [-0.2, -0.15) is 0 Å². The van der Waals surface area contributed by atoms with Gasteiger partial charge < -0.3 is 15.7 Å². The fraction of sp³-hybridized carbons (Fsp3) is 0.462. The highest BCUT2D eigenvalue weighted by molar-refractivity contribution is 6.31. The molecule has 6 nitrogen and oxygen atoms in total. The fourth-order valence-corrected chi connectivity index (χ4v) is 6.82. The van der Waals surface area contributed by atoms with E-state index in [9.17, 15) is 14.7 Å². The Labute approximate surface area is 213 Å². The molecule has 2 aromatic rings. The maximum atomic E-state index is 15.6. The highest BCUT2D eigenvalue weighted by Crippen LogP contribution is 2.60. The SMILES string of the molecule is CCC1(C)NC(C(=O)NC2CC(C)(O)C2)C(c2cccc(Cl)c2F)C12C(=O)Nc1cc(Cl)ccc12. The average molecular weight is 520 g/mol. The van der Waals surface area contributed by atoms with Crippen molar-refractivity contribution in [1.29, 1.82) is 0 Å². The van der Waals surface area contributed by atoms with Gasteiger partial charge in [0, 0.05) is 28.2 Å². The minimum Gasteiger partial charge on any atom is -0.390 e. The molecule has 1 saturated heterocycles. The van der Waals surface area contributed by atoms with Crippen LogP contribution in [0.3, 0.4) is 0 Å². The lowest BCUT2D eigenvalue weighted by Crippen LogP contribution is -2.58. The normalized spacial score (nSPS) is 35.5. The molecule has 4 atom stereocenters. The highest BCUT2D eigenvalue weighted by atomic mass is 35.5. The average Bonchev–Trinajstić information content (AvgIpc) is 3.21. The third kappa shape index (κ3) is 3.50. The first kappa shape index (κ1) is 24.5. The van der Waals surface area contributed by atoms with Crippen LogP contribution in [0, 0.1) is 5.82 Å². The number of hydrogen-bond acceptors (Lipinski definition) is 4. The Morgan fingerprint density at radius 2 is 1.94 bits per heavy atom. The van der Waals surface area contributed by atoms with Crippen LogP contribution in [-0.2, 0) is 15.0 Å². The summed E-state index contributed by atoms with van der Waals surface area (Å²) in [5, 5.41) is 19.9. The second-order valence-electron chi connectivity index (χ2n) is 10.5. The second kappa shape index (κ2) is 8.17. The van der Waals surface area contributed by atoms with E-state index in [4.69, 9.17) is 23.2 Å². The number of aliphatic hydroxyl groups is 1. The van der Waals surface area contributed by atoms with E-state index in [0.29, 0.717) is 35.5 Å². The monoisotopic (exact) mass is 519 g/mol. The van der Waals surface area contributed by atoms with Gasteiger partial charge in [0.15, 0.2) is 0 Å². The predicted octanol–water partition coefficient (Wildman–Crippen LogP) is 4.28. The topological polar surface area (TPSA) is 90.5 Å². The smallest absolute Gasteiger partial charge is 0.238 e. The quantitative estimate of drug-likeness (QED) is 0.485. The van der Waals surface area contributed by atoms with Gasteiger partial charge >= 0.3 is 0 Å². The molecule has 186 valence electrons. The Morgan fingerprint density at radius 3 is 2.60 bits per heavy atom. The van der Waals surface area contributed by atoms with Crippen molar-refractivity contribution >= 4 is 40.7 Å². The summed E-state index contributed by atoms with van der Waals surface area (Å²) in [6.45, 7) is 5.56. The summed E-state index contributed by atoms with van der Waals surface area (Å²) < 4.78 is 15.6. The van der Waals surface area contributed by atoms with Crippen molar-refractivity contribution < 1.29 is 19.1 Å². The Morgan fingerprint density at radius 1 is 1.23 bits per heavy atom. The molecule has 0 aromatic heterocycles. The number of anilines is 1. The van der Waals surface area contributed by atoms with Crippen molar-refractivity contribution in [3.05, 3.63) is 63.4 Å². The number of halogens is 3. The molecule has 2 fully saturated rings. The van der Waals surface area contributed by atoms with Gasteiger partial charge in [0.2, 0.25) is 11.8 Å². The fourth-order valence-electron chi connectivity index (χ4n) is 6.46. The van der Waals surface area contributed by atoms with E-state index in [-0.39, 0.29) is 28.4 Å². The van der Waals surface area contributed by atoms with Crippen molar-refractivity contribution in [2.75, 3.05) is 5.32 Å². The van der Waals surface area contributed by atoms with Crippen LogP contribution in [0.25, 0.3) is 0 Å². The van der Waals surface area contributed by atoms with Crippen molar-refractivity contribution in [3.63, 3.8) is 0 Å². The van der Waals surface area contributed by atoms with Crippen molar-refractivity contribution in [2.45, 2.75) is 74.6 Å². The zero-order valence-electron chi connectivity index (χ0n) is 19.7. The number of carbonyl (C=O) groups excluding carboxylic acids is 2. The second-order valence-corrected chi connectivity index (χ2v) is 11.3. The first-order valence-corrected chi connectivity index (χ1v) is 12.5. The third-order valence-electron chi connectivity index (χ3n) is 8.18. The number of carbonyl (C=O) groups is 2. The van der Waals surface area contributed by atoms with Crippen molar-refractivity contribution in [2.24, 2.45) is 0 Å². The number of amides is 2. The van der Waals surface area contributed by atoms with Crippen LogP contribution in [0.2, 0.25) is 10.0 Å². The molecule has 9 heteroatoms. The first-order chi connectivity index (χ1) is 16.4. The number of nitrogens with one attached hydrogen (secondary N) is 3. The lowest BCUT2D eigenvalue weighted by atomic mass is 9.59. The van der Waals surface area contributed by atoms with E-state index < -0.39 is 34.3 Å². The number of rotatable bonds is 4. The summed E-state index contributed by atoms with van der Waals surface area (Å²) in [7, 11) is 0. The Balaban J connectivity index is 1.70. The molecule has 1 aliphatic carbocycles. The summed E-state index contributed by atoms with van der Waals surface area (Å²) in [5.74, 6) is -2.21. The van der Waals surface area contributed by atoms with Gasteiger partial charge in [0.1, 0.15) is 11.2 Å². The highest BCUT2D eigenvalue weighted by Gasteiger charge is 2.70. The van der Waals surface area contributed by atoms with E-state index in [1.165, 1.54) is 6.07 Å². The Kier molecular flexibility index (Phi) is 5.72. The molecular weight excluding hydrogens is 492 g/mol. The molecule has 1 saturated carbocycles. The maximum Gasteiger partial charge on any atom is 0.238 e. The molecule has 2 amide bonds. The maximum absolute atomic E-state index is 15.6. The summed E-state index contributed by atoms with van der Waals surface area (Å²) in [4.78, 5) is 27.6. The molecule has 2 aromatic carbocycles. The van der Waals surface area contributed by atoms with Gasteiger partial charge in [-0.25, -0.2) is 4.39 Å². The minimum atomic E-state index is -1.31. The zero-order valence-corrected chi connectivity index (χ0v) is 21.2. The van der Waals surface area contributed by atoms with E-state index in [1.54, 1.807) is 37.3 Å². The number of benzene rings is 2. The molecular formula is C26H28Cl2FN3O3. The van der Waals surface area contributed by atoms with Gasteiger partial charge in [-0.05, 0) is 62.4 Å². The standard InChI is InChI=1S/C26H28Cl2FN3O3/c1-4-25(3)26(16-9-8-13(27)10-18(16)31-23(26)34)19(15-6-5-7-17(28)20(15)29)21(32-25)22(33)30-14-11-24(2,35)12-14/h5-10,14,19,21,32,35H,4,11-12H2,1-3H3,(H,30,33)(H,31,34). The van der Waals surface area contributed by atoms with Crippen LogP contribution in [0.4, 0.5) is 10.1 Å². The van der Waals surface area contributed by atoms with Crippen molar-refractivity contribution in [3.8, 4) is 0 Å². The summed E-state index contributed by atoms with van der Waals surface area (Å²) >= 11 is 12.4. The molecule has 1 spiro atoms. The minimum absolute atomic E-state index is 0.0771. The van der Waals surface area contributed by atoms with Gasteiger partial charge in [-0.1, -0.05) is 48.3 Å². The van der Waals surface area contributed by atoms with E-state index in [2.05, 4.69) is 16.0 Å². The summed E-state index contributed by atoms with van der Waals surface area (Å²) in [6, 6.07) is 8.70. The van der Waals surface area contributed by atoms with Crippen LogP contribution in [0.5, 0.6) is 0 Å². The van der Waals surface area contributed by atoms with Gasteiger partial charge in [-0.3, -0.25) is 14.9 Å². The largest absolute Gasteiger partial charge is 0.390 e.